The van der Waals surface area contributed by atoms with Crippen molar-refractivity contribution in [3.8, 4) is 5.75 Å². The standard InChI is InChI=1S/C21H28ClF3N2O2/c22-16-5-6-18(20(28)27-11-2-1-3-12-27)19(15-16)29-17-7-13-26(14-8-17)10-4-9-21(23,24)25/h5-6,15,17H,1-4,7-14H2. The van der Waals surface area contributed by atoms with Crippen LogP contribution in [0.4, 0.5) is 13.2 Å². The Morgan fingerprint density at radius 3 is 2.45 bits per heavy atom. The summed E-state index contributed by atoms with van der Waals surface area (Å²) in [4.78, 5) is 16.8. The van der Waals surface area contributed by atoms with Gasteiger partial charge in [-0.15, -0.1) is 0 Å². The fourth-order valence-electron chi connectivity index (χ4n) is 3.97. The number of alkyl halides is 3. The lowest BCUT2D eigenvalue weighted by atomic mass is 10.1. The van der Waals surface area contributed by atoms with Crippen molar-refractivity contribution in [2.75, 3.05) is 32.7 Å². The highest BCUT2D eigenvalue weighted by Crippen LogP contribution is 2.29. The van der Waals surface area contributed by atoms with Crippen molar-refractivity contribution < 1.29 is 22.7 Å². The lowest BCUT2D eigenvalue weighted by molar-refractivity contribution is -0.136. The summed E-state index contributed by atoms with van der Waals surface area (Å²) >= 11 is 6.14. The molecular weight excluding hydrogens is 405 g/mol. The third kappa shape index (κ3) is 6.78. The van der Waals surface area contributed by atoms with Crippen LogP contribution in [0.3, 0.4) is 0 Å². The second-order valence-corrected chi connectivity index (χ2v) is 8.31. The van der Waals surface area contributed by atoms with Crippen LogP contribution < -0.4 is 4.74 Å². The Morgan fingerprint density at radius 2 is 1.79 bits per heavy atom. The zero-order chi connectivity index (χ0) is 20.9. The minimum absolute atomic E-state index is 0.0269. The number of hydrogen-bond donors (Lipinski definition) is 0. The Hall–Kier alpha value is -1.47. The van der Waals surface area contributed by atoms with Crippen LogP contribution in [0.5, 0.6) is 5.75 Å². The molecule has 0 aromatic heterocycles. The molecule has 2 heterocycles. The number of hydrogen-bond acceptors (Lipinski definition) is 3. The molecule has 0 aliphatic carbocycles. The van der Waals surface area contributed by atoms with Gasteiger partial charge >= 0.3 is 6.18 Å². The first kappa shape index (κ1) is 22.2. The molecule has 2 aliphatic heterocycles. The number of ether oxygens (including phenoxy) is 1. The largest absolute Gasteiger partial charge is 0.489 e. The maximum atomic E-state index is 12.9. The summed E-state index contributed by atoms with van der Waals surface area (Å²) < 4.78 is 43.1. The van der Waals surface area contributed by atoms with E-state index in [0.29, 0.717) is 36.0 Å². The van der Waals surface area contributed by atoms with Crippen molar-refractivity contribution >= 4 is 17.5 Å². The Morgan fingerprint density at radius 1 is 1.10 bits per heavy atom. The predicted molar refractivity (Wildman–Crippen MR) is 107 cm³/mol. The Balaban J connectivity index is 1.55. The average Bonchev–Trinajstić information content (AvgIpc) is 2.69. The van der Waals surface area contributed by atoms with Gasteiger partial charge in [0.2, 0.25) is 0 Å². The molecule has 0 unspecified atom stereocenters. The lowest BCUT2D eigenvalue weighted by Gasteiger charge is -2.33. The first-order chi connectivity index (χ1) is 13.8. The third-order valence-electron chi connectivity index (χ3n) is 5.58. The molecule has 1 amide bonds. The summed E-state index contributed by atoms with van der Waals surface area (Å²) in [5.74, 6) is 0.476. The molecule has 2 saturated heterocycles. The smallest absolute Gasteiger partial charge is 0.389 e. The SMILES string of the molecule is O=C(c1ccc(Cl)cc1OC1CCN(CCCC(F)(F)F)CC1)N1CCCCC1. The molecule has 0 bridgehead atoms. The lowest BCUT2D eigenvalue weighted by Crippen LogP contribution is -2.39. The fourth-order valence-corrected chi connectivity index (χ4v) is 4.13. The summed E-state index contributed by atoms with van der Waals surface area (Å²) in [7, 11) is 0. The average molecular weight is 433 g/mol. The van der Waals surface area contributed by atoms with E-state index in [1.165, 1.54) is 0 Å². The van der Waals surface area contributed by atoms with E-state index in [1.54, 1.807) is 18.2 Å². The quantitative estimate of drug-likeness (QED) is 0.623. The Bertz CT molecular complexity index is 685. The number of halogens is 4. The zero-order valence-corrected chi connectivity index (χ0v) is 17.3. The normalized spacial score (nSPS) is 19.4. The number of amides is 1. The molecule has 3 rings (SSSR count). The van der Waals surface area contributed by atoms with Gasteiger partial charge in [-0.1, -0.05) is 11.6 Å². The topological polar surface area (TPSA) is 32.8 Å². The number of carbonyl (C=O) groups is 1. The van der Waals surface area contributed by atoms with Crippen molar-refractivity contribution in [1.82, 2.24) is 9.80 Å². The number of likely N-dealkylation sites (tertiary alicyclic amines) is 2. The molecule has 8 heteroatoms. The van der Waals surface area contributed by atoms with E-state index < -0.39 is 12.6 Å². The minimum Gasteiger partial charge on any atom is -0.489 e. The molecule has 0 saturated carbocycles. The van der Waals surface area contributed by atoms with E-state index in [4.69, 9.17) is 16.3 Å². The molecular formula is C21H28ClF3N2O2. The third-order valence-corrected chi connectivity index (χ3v) is 5.82. The highest BCUT2D eigenvalue weighted by atomic mass is 35.5. The van der Waals surface area contributed by atoms with E-state index in [0.717, 1.165) is 45.2 Å². The molecule has 0 N–H and O–H groups in total. The molecule has 162 valence electrons. The van der Waals surface area contributed by atoms with Crippen LogP contribution in [-0.2, 0) is 0 Å². The van der Waals surface area contributed by atoms with Crippen LogP contribution in [0.25, 0.3) is 0 Å². The van der Waals surface area contributed by atoms with Gasteiger partial charge in [0.1, 0.15) is 11.9 Å². The van der Waals surface area contributed by atoms with Crippen molar-refractivity contribution in [3.63, 3.8) is 0 Å². The van der Waals surface area contributed by atoms with Gasteiger partial charge in [0.25, 0.3) is 5.91 Å². The molecule has 29 heavy (non-hydrogen) atoms. The molecule has 1 aromatic carbocycles. The summed E-state index contributed by atoms with van der Waals surface area (Å²) in [5.41, 5.74) is 0.531. The summed E-state index contributed by atoms with van der Waals surface area (Å²) in [6.07, 6.45) is -0.164. The molecule has 0 spiro atoms. The highest BCUT2D eigenvalue weighted by Gasteiger charge is 2.28. The maximum Gasteiger partial charge on any atom is 0.389 e. The van der Waals surface area contributed by atoms with E-state index in [2.05, 4.69) is 0 Å². The highest BCUT2D eigenvalue weighted by molar-refractivity contribution is 6.30. The van der Waals surface area contributed by atoms with Gasteiger partial charge in [-0.3, -0.25) is 4.79 Å². The summed E-state index contributed by atoms with van der Waals surface area (Å²) in [5, 5.41) is 0.514. The van der Waals surface area contributed by atoms with E-state index in [-0.39, 0.29) is 18.4 Å². The van der Waals surface area contributed by atoms with Crippen LogP contribution in [-0.4, -0.2) is 60.7 Å². The van der Waals surface area contributed by atoms with Crippen LogP contribution >= 0.6 is 11.6 Å². The maximum absolute atomic E-state index is 12.9. The van der Waals surface area contributed by atoms with E-state index in [9.17, 15) is 18.0 Å². The minimum atomic E-state index is -4.09. The Labute approximate surface area is 174 Å². The number of piperidine rings is 2. The second-order valence-electron chi connectivity index (χ2n) is 7.87. The first-order valence-electron chi connectivity index (χ1n) is 10.4. The number of benzene rings is 1. The van der Waals surface area contributed by atoms with Crippen molar-refractivity contribution in [1.29, 1.82) is 0 Å². The molecule has 4 nitrogen and oxygen atoms in total. The molecule has 2 aliphatic rings. The zero-order valence-electron chi connectivity index (χ0n) is 16.5. The Kier molecular flexibility index (Phi) is 7.68. The van der Waals surface area contributed by atoms with Gasteiger partial charge in [-0.25, -0.2) is 0 Å². The van der Waals surface area contributed by atoms with Gasteiger partial charge in [-0.05, 0) is 63.3 Å². The van der Waals surface area contributed by atoms with Gasteiger partial charge in [0.05, 0.1) is 5.56 Å². The molecule has 0 atom stereocenters. The molecule has 1 aromatic rings. The van der Waals surface area contributed by atoms with Gasteiger partial charge in [-0.2, -0.15) is 13.2 Å². The predicted octanol–water partition coefficient (Wildman–Crippen LogP) is 5.15. The van der Waals surface area contributed by atoms with E-state index in [1.807, 2.05) is 9.80 Å². The summed E-state index contributed by atoms with van der Waals surface area (Å²) in [6.45, 7) is 3.35. The fraction of sp³-hybridized carbons (Fsp3) is 0.667. The van der Waals surface area contributed by atoms with Crippen molar-refractivity contribution in [3.05, 3.63) is 28.8 Å². The summed E-state index contributed by atoms with van der Waals surface area (Å²) in [6, 6.07) is 5.12. The van der Waals surface area contributed by atoms with Crippen molar-refractivity contribution in [2.45, 2.75) is 57.2 Å². The van der Waals surface area contributed by atoms with Crippen LogP contribution in [0.1, 0.15) is 55.3 Å². The number of carbonyl (C=O) groups excluding carboxylic acids is 1. The number of nitrogens with zero attached hydrogens (tertiary/aromatic N) is 2. The van der Waals surface area contributed by atoms with Crippen LogP contribution in [0.2, 0.25) is 5.02 Å². The van der Waals surface area contributed by atoms with Gasteiger partial charge < -0.3 is 14.5 Å². The van der Waals surface area contributed by atoms with Crippen molar-refractivity contribution in [2.24, 2.45) is 0 Å². The van der Waals surface area contributed by atoms with Crippen LogP contribution in [0.15, 0.2) is 18.2 Å². The first-order valence-corrected chi connectivity index (χ1v) is 10.7. The number of rotatable bonds is 6. The molecule has 0 radical (unpaired) electrons. The molecule has 2 fully saturated rings. The monoisotopic (exact) mass is 432 g/mol. The van der Waals surface area contributed by atoms with Gasteiger partial charge in [0.15, 0.2) is 0 Å². The van der Waals surface area contributed by atoms with E-state index >= 15 is 0 Å². The van der Waals surface area contributed by atoms with Gasteiger partial charge in [0, 0.05) is 37.6 Å². The van der Waals surface area contributed by atoms with Crippen LogP contribution in [0, 0.1) is 0 Å². The second kappa shape index (κ2) is 10.0.